The Morgan fingerprint density at radius 2 is 2.21 bits per heavy atom. The summed E-state index contributed by atoms with van der Waals surface area (Å²) >= 11 is 0. The Morgan fingerprint density at radius 3 is 2.79 bits per heavy atom. The van der Waals surface area contributed by atoms with Crippen molar-refractivity contribution < 1.29 is 9.84 Å². The summed E-state index contributed by atoms with van der Waals surface area (Å²) in [5.74, 6) is 0.519. The van der Waals surface area contributed by atoms with Crippen LogP contribution in [0, 0.1) is 0 Å². The molecule has 78 valence electrons. The van der Waals surface area contributed by atoms with Crippen molar-refractivity contribution in [1.29, 1.82) is 0 Å². The second-order valence-electron chi connectivity index (χ2n) is 3.32. The van der Waals surface area contributed by atoms with Crippen LogP contribution in [0.2, 0.25) is 0 Å². The second kappa shape index (κ2) is 4.93. The molecule has 0 aliphatic carbocycles. The second-order valence-corrected chi connectivity index (χ2v) is 3.32. The standard InChI is InChI=1S/C10H16N2O2/c1-7(2)14-10-5-3-4-8(12-10)9(13)6-11/h3-5,7,9,13H,6,11H2,1-2H3/t9-/m0/s1. The van der Waals surface area contributed by atoms with Crippen LogP contribution in [0.5, 0.6) is 5.88 Å². The first-order chi connectivity index (χ1) is 6.63. The summed E-state index contributed by atoms with van der Waals surface area (Å²) in [5, 5.41) is 9.44. The van der Waals surface area contributed by atoms with Crippen molar-refractivity contribution in [2.75, 3.05) is 6.54 Å². The van der Waals surface area contributed by atoms with Crippen LogP contribution in [0.3, 0.4) is 0 Å². The molecule has 0 unspecified atom stereocenters. The summed E-state index contributed by atoms with van der Waals surface area (Å²) in [5.41, 5.74) is 5.87. The molecule has 4 heteroatoms. The number of hydrogen-bond donors (Lipinski definition) is 2. The van der Waals surface area contributed by atoms with Gasteiger partial charge in [0.05, 0.1) is 11.8 Å². The number of nitrogens with zero attached hydrogens (tertiary/aromatic N) is 1. The first-order valence-corrected chi connectivity index (χ1v) is 4.65. The molecule has 1 rings (SSSR count). The third kappa shape index (κ3) is 2.97. The fourth-order valence-electron chi connectivity index (χ4n) is 1.04. The minimum absolute atomic E-state index is 0.0766. The predicted octanol–water partition coefficient (Wildman–Crippen LogP) is 0.861. The number of nitrogens with two attached hydrogens (primary N) is 1. The van der Waals surface area contributed by atoms with Gasteiger partial charge in [-0.05, 0) is 19.9 Å². The highest BCUT2D eigenvalue weighted by Crippen LogP contribution is 2.14. The van der Waals surface area contributed by atoms with E-state index in [0.29, 0.717) is 11.6 Å². The van der Waals surface area contributed by atoms with Crippen LogP contribution in [0.4, 0.5) is 0 Å². The zero-order valence-electron chi connectivity index (χ0n) is 8.47. The van der Waals surface area contributed by atoms with Crippen LogP contribution in [0.25, 0.3) is 0 Å². The number of aliphatic hydroxyl groups excluding tert-OH is 1. The summed E-state index contributed by atoms with van der Waals surface area (Å²) in [6.45, 7) is 4.01. The van der Waals surface area contributed by atoms with Crippen LogP contribution in [0.15, 0.2) is 18.2 Å². The highest BCUT2D eigenvalue weighted by Gasteiger charge is 2.08. The number of aliphatic hydroxyl groups is 1. The summed E-state index contributed by atoms with van der Waals surface area (Å²) in [7, 11) is 0. The first kappa shape index (κ1) is 10.9. The average molecular weight is 196 g/mol. The molecule has 0 saturated heterocycles. The minimum Gasteiger partial charge on any atom is -0.475 e. The van der Waals surface area contributed by atoms with Gasteiger partial charge in [-0.25, -0.2) is 4.98 Å². The van der Waals surface area contributed by atoms with Gasteiger partial charge in [0.2, 0.25) is 5.88 Å². The summed E-state index contributed by atoms with van der Waals surface area (Å²) in [4.78, 5) is 4.13. The van der Waals surface area contributed by atoms with E-state index in [1.165, 1.54) is 0 Å². The maximum atomic E-state index is 9.44. The van der Waals surface area contributed by atoms with E-state index in [0.717, 1.165) is 0 Å². The van der Waals surface area contributed by atoms with Gasteiger partial charge in [-0.2, -0.15) is 0 Å². The van der Waals surface area contributed by atoms with Gasteiger partial charge < -0.3 is 15.6 Å². The van der Waals surface area contributed by atoms with E-state index < -0.39 is 6.10 Å². The molecule has 0 aliphatic heterocycles. The van der Waals surface area contributed by atoms with Crippen molar-refractivity contribution in [3.8, 4) is 5.88 Å². The quantitative estimate of drug-likeness (QED) is 0.749. The van der Waals surface area contributed by atoms with Crippen LogP contribution >= 0.6 is 0 Å². The molecular weight excluding hydrogens is 180 g/mol. The van der Waals surface area contributed by atoms with Gasteiger partial charge in [0.25, 0.3) is 0 Å². The van der Waals surface area contributed by atoms with Crippen LogP contribution in [-0.2, 0) is 0 Å². The lowest BCUT2D eigenvalue weighted by atomic mass is 10.2. The zero-order chi connectivity index (χ0) is 10.6. The SMILES string of the molecule is CC(C)Oc1cccc([C@@H](O)CN)n1. The summed E-state index contributed by atoms with van der Waals surface area (Å²) < 4.78 is 5.39. The molecule has 1 aromatic rings. The molecule has 0 bridgehead atoms. The monoisotopic (exact) mass is 196 g/mol. The molecule has 14 heavy (non-hydrogen) atoms. The molecule has 0 fully saturated rings. The van der Waals surface area contributed by atoms with Crippen molar-refractivity contribution >= 4 is 0 Å². The number of pyridine rings is 1. The number of ether oxygens (including phenoxy) is 1. The molecule has 3 N–H and O–H groups in total. The number of aromatic nitrogens is 1. The average Bonchev–Trinajstić information content (AvgIpc) is 2.16. The van der Waals surface area contributed by atoms with Gasteiger partial charge in [0, 0.05) is 12.6 Å². The molecule has 0 aliphatic rings. The van der Waals surface area contributed by atoms with Gasteiger partial charge in [0.15, 0.2) is 0 Å². The molecule has 1 atom stereocenters. The highest BCUT2D eigenvalue weighted by atomic mass is 16.5. The van der Waals surface area contributed by atoms with Crippen molar-refractivity contribution in [2.45, 2.75) is 26.1 Å². The maximum Gasteiger partial charge on any atom is 0.213 e. The Hall–Kier alpha value is -1.13. The fourth-order valence-corrected chi connectivity index (χ4v) is 1.04. The van der Waals surface area contributed by atoms with E-state index in [-0.39, 0.29) is 12.6 Å². The molecule has 4 nitrogen and oxygen atoms in total. The smallest absolute Gasteiger partial charge is 0.213 e. The molecule has 0 aromatic carbocycles. The molecule has 0 radical (unpaired) electrons. The van der Waals surface area contributed by atoms with Crippen molar-refractivity contribution in [3.05, 3.63) is 23.9 Å². The first-order valence-electron chi connectivity index (χ1n) is 4.65. The zero-order valence-corrected chi connectivity index (χ0v) is 8.47. The number of rotatable bonds is 4. The van der Waals surface area contributed by atoms with Crippen LogP contribution < -0.4 is 10.5 Å². The van der Waals surface area contributed by atoms with Gasteiger partial charge >= 0.3 is 0 Å². The van der Waals surface area contributed by atoms with Crippen molar-refractivity contribution in [3.63, 3.8) is 0 Å². The van der Waals surface area contributed by atoms with Gasteiger partial charge in [-0.1, -0.05) is 6.07 Å². The lowest BCUT2D eigenvalue weighted by Crippen LogP contribution is -2.14. The highest BCUT2D eigenvalue weighted by molar-refractivity contribution is 5.17. The Balaban J connectivity index is 2.78. The van der Waals surface area contributed by atoms with E-state index >= 15 is 0 Å². The molecule has 0 amide bonds. The lowest BCUT2D eigenvalue weighted by molar-refractivity contribution is 0.177. The van der Waals surface area contributed by atoms with E-state index in [9.17, 15) is 5.11 Å². The van der Waals surface area contributed by atoms with Crippen molar-refractivity contribution in [1.82, 2.24) is 4.98 Å². The van der Waals surface area contributed by atoms with Gasteiger partial charge in [0.1, 0.15) is 6.10 Å². The van der Waals surface area contributed by atoms with Crippen LogP contribution in [0.1, 0.15) is 25.6 Å². The van der Waals surface area contributed by atoms with E-state index in [1.807, 2.05) is 13.8 Å². The van der Waals surface area contributed by atoms with Crippen LogP contribution in [-0.4, -0.2) is 22.7 Å². The van der Waals surface area contributed by atoms with Crippen molar-refractivity contribution in [2.24, 2.45) is 5.73 Å². The maximum absolute atomic E-state index is 9.44. The molecule has 1 heterocycles. The third-order valence-corrected chi connectivity index (χ3v) is 1.67. The fraction of sp³-hybridized carbons (Fsp3) is 0.500. The molecule has 0 saturated carbocycles. The molecular formula is C10H16N2O2. The topological polar surface area (TPSA) is 68.4 Å². The minimum atomic E-state index is -0.717. The predicted molar refractivity (Wildman–Crippen MR) is 54.0 cm³/mol. The Bertz CT molecular complexity index is 289. The van der Waals surface area contributed by atoms with E-state index in [2.05, 4.69) is 4.98 Å². The largest absolute Gasteiger partial charge is 0.475 e. The lowest BCUT2D eigenvalue weighted by Gasteiger charge is -2.11. The Morgan fingerprint density at radius 1 is 1.50 bits per heavy atom. The third-order valence-electron chi connectivity index (χ3n) is 1.67. The Labute approximate surface area is 83.7 Å². The van der Waals surface area contributed by atoms with Gasteiger partial charge in [-0.3, -0.25) is 0 Å². The summed E-state index contributed by atoms with van der Waals surface area (Å²) in [6.07, 6.45) is -0.640. The van der Waals surface area contributed by atoms with E-state index in [1.54, 1.807) is 18.2 Å². The Kier molecular flexibility index (Phi) is 3.85. The number of hydrogen-bond acceptors (Lipinski definition) is 4. The molecule has 0 spiro atoms. The summed E-state index contributed by atoms with van der Waals surface area (Å²) in [6, 6.07) is 5.27. The molecule has 1 aromatic heterocycles. The van der Waals surface area contributed by atoms with E-state index in [4.69, 9.17) is 10.5 Å². The van der Waals surface area contributed by atoms with Gasteiger partial charge in [-0.15, -0.1) is 0 Å². The normalized spacial score (nSPS) is 12.9.